The molecule has 38 heavy (non-hydrogen) atoms. The third-order valence-electron chi connectivity index (χ3n) is 5.14. The van der Waals surface area contributed by atoms with Crippen molar-refractivity contribution in [3.8, 4) is 34.6 Å². The molecule has 1 N–H and O–H groups in total. The van der Waals surface area contributed by atoms with Crippen molar-refractivity contribution in [1.82, 2.24) is 34.4 Å². The second-order valence-electron chi connectivity index (χ2n) is 7.85. The van der Waals surface area contributed by atoms with E-state index in [0.29, 0.717) is 29.7 Å². The fourth-order valence-corrected chi connectivity index (χ4v) is 4.45. The van der Waals surface area contributed by atoms with Crippen LogP contribution < -0.4 is 18.9 Å². The zero-order chi connectivity index (χ0) is 27.3. The number of carbonyl (C=O) groups excluding carboxylic acids is 1. The molecule has 0 aliphatic heterocycles. The van der Waals surface area contributed by atoms with Crippen LogP contribution in [0.4, 0.5) is 0 Å². The van der Waals surface area contributed by atoms with Crippen molar-refractivity contribution in [2.45, 2.75) is 19.6 Å². The second-order valence-corrected chi connectivity index (χ2v) is 9.58. The number of methoxy groups -OCH3 is 2. The number of rotatable bonds is 10. The van der Waals surface area contributed by atoms with Crippen molar-refractivity contribution >= 4 is 15.9 Å². The summed E-state index contributed by atoms with van der Waals surface area (Å²) in [7, 11) is -1.31. The summed E-state index contributed by atoms with van der Waals surface area (Å²) in [4.78, 5) is 25.8. The minimum absolute atomic E-state index is 0.0291. The molecular weight excluding hydrogens is 514 g/mol. The summed E-state index contributed by atoms with van der Waals surface area (Å²) in [6.45, 7) is 3.98. The second kappa shape index (κ2) is 11.2. The number of nitrogens with one attached hydrogen (secondary N) is 1. The maximum atomic E-state index is 13.3. The Labute approximate surface area is 218 Å². The van der Waals surface area contributed by atoms with Crippen LogP contribution in [0.3, 0.4) is 0 Å². The SMILES string of the molecule is CCOc1cccc(-c2nnc(C(=O)NS(=O)(=O)Cc3ncc(C)cn3)n2-c2c(OC)cccc2OC)n1. The number of amides is 1. The summed E-state index contributed by atoms with van der Waals surface area (Å²) in [5, 5.41) is 8.17. The Morgan fingerprint density at radius 1 is 1.00 bits per heavy atom. The van der Waals surface area contributed by atoms with Crippen LogP contribution in [0.5, 0.6) is 17.4 Å². The first kappa shape index (κ1) is 26.5. The zero-order valence-electron chi connectivity index (χ0n) is 21.1. The number of benzene rings is 1. The molecule has 0 aliphatic carbocycles. The van der Waals surface area contributed by atoms with Crippen LogP contribution in [0.25, 0.3) is 17.2 Å². The van der Waals surface area contributed by atoms with Gasteiger partial charge in [-0.25, -0.2) is 28.1 Å². The number of carbonyl (C=O) groups is 1. The highest BCUT2D eigenvalue weighted by Gasteiger charge is 2.29. The van der Waals surface area contributed by atoms with Gasteiger partial charge in [0.25, 0.3) is 0 Å². The number of aryl methyl sites for hydroxylation is 1. The Morgan fingerprint density at radius 2 is 1.66 bits per heavy atom. The molecule has 4 rings (SSSR count). The van der Waals surface area contributed by atoms with Crippen LogP contribution >= 0.6 is 0 Å². The number of nitrogens with zero attached hydrogens (tertiary/aromatic N) is 6. The average Bonchev–Trinajstić information content (AvgIpc) is 3.34. The third-order valence-corrected chi connectivity index (χ3v) is 6.27. The smallest absolute Gasteiger partial charge is 0.303 e. The first-order chi connectivity index (χ1) is 18.3. The topological polar surface area (TPSA) is 160 Å². The van der Waals surface area contributed by atoms with Crippen LogP contribution in [0, 0.1) is 6.92 Å². The number of pyridine rings is 1. The van der Waals surface area contributed by atoms with Crippen LogP contribution in [0.2, 0.25) is 0 Å². The lowest BCUT2D eigenvalue weighted by molar-refractivity contribution is 0.0969. The summed E-state index contributed by atoms with van der Waals surface area (Å²) in [5.74, 6) is -0.883. The van der Waals surface area contributed by atoms with Gasteiger partial charge in [0.05, 0.1) is 20.8 Å². The lowest BCUT2D eigenvalue weighted by Gasteiger charge is -2.17. The van der Waals surface area contributed by atoms with Gasteiger partial charge in [0.1, 0.15) is 34.5 Å². The van der Waals surface area contributed by atoms with Crippen LogP contribution in [-0.2, 0) is 15.8 Å². The van der Waals surface area contributed by atoms with Gasteiger partial charge < -0.3 is 14.2 Å². The zero-order valence-corrected chi connectivity index (χ0v) is 21.9. The van der Waals surface area contributed by atoms with Crippen molar-refractivity contribution in [1.29, 1.82) is 0 Å². The molecule has 3 heterocycles. The number of sulfonamides is 1. The van der Waals surface area contributed by atoms with Crippen molar-refractivity contribution in [2.24, 2.45) is 0 Å². The van der Waals surface area contributed by atoms with Gasteiger partial charge in [0, 0.05) is 18.5 Å². The van der Waals surface area contributed by atoms with E-state index in [9.17, 15) is 13.2 Å². The first-order valence-electron chi connectivity index (χ1n) is 11.4. The summed E-state index contributed by atoms with van der Waals surface area (Å²) in [5.41, 5.74) is 1.35. The van der Waals surface area contributed by atoms with E-state index in [4.69, 9.17) is 14.2 Å². The van der Waals surface area contributed by atoms with E-state index in [0.717, 1.165) is 5.56 Å². The Kier molecular flexibility index (Phi) is 7.81. The van der Waals surface area contributed by atoms with Crippen molar-refractivity contribution in [3.63, 3.8) is 0 Å². The van der Waals surface area contributed by atoms with E-state index in [2.05, 4.69) is 25.1 Å². The molecule has 13 nitrogen and oxygen atoms in total. The molecule has 1 amide bonds. The fraction of sp³-hybridized carbons (Fsp3) is 0.250. The number of aromatic nitrogens is 6. The molecule has 4 aromatic rings. The van der Waals surface area contributed by atoms with Crippen molar-refractivity contribution in [2.75, 3.05) is 20.8 Å². The molecule has 198 valence electrons. The quantitative estimate of drug-likeness (QED) is 0.314. The fourth-order valence-electron chi connectivity index (χ4n) is 3.52. The molecule has 0 spiro atoms. The molecule has 0 atom stereocenters. The third kappa shape index (κ3) is 5.70. The molecule has 0 saturated heterocycles. The normalized spacial score (nSPS) is 11.2. The molecule has 0 unspecified atom stereocenters. The predicted molar refractivity (Wildman–Crippen MR) is 136 cm³/mol. The summed E-state index contributed by atoms with van der Waals surface area (Å²) in [6.07, 6.45) is 2.97. The van der Waals surface area contributed by atoms with Crippen LogP contribution in [-0.4, -0.2) is 64.9 Å². The average molecular weight is 540 g/mol. The van der Waals surface area contributed by atoms with E-state index in [1.54, 1.807) is 43.3 Å². The van der Waals surface area contributed by atoms with Gasteiger partial charge in [-0.1, -0.05) is 12.1 Å². The molecule has 14 heteroatoms. The maximum absolute atomic E-state index is 13.3. The molecule has 1 aromatic carbocycles. The number of hydrogen-bond donors (Lipinski definition) is 1. The predicted octanol–water partition coefficient (Wildman–Crippen LogP) is 2.10. The van der Waals surface area contributed by atoms with Gasteiger partial charge in [-0.15, -0.1) is 10.2 Å². The van der Waals surface area contributed by atoms with E-state index >= 15 is 0 Å². The van der Waals surface area contributed by atoms with Crippen LogP contribution in [0.1, 0.15) is 28.9 Å². The standard InChI is InChI=1S/C24H25N7O6S/c1-5-37-20-11-6-8-16(27-20)22-28-29-23(31(22)21-17(35-3)9-7-10-18(21)36-4)24(32)30-38(33,34)14-19-25-12-15(2)13-26-19/h6-13H,5,14H2,1-4H3,(H,30,32). The minimum Gasteiger partial charge on any atom is -0.494 e. The Balaban J connectivity index is 1.82. The van der Waals surface area contributed by atoms with E-state index in [1.165, 1.54) is 31.2 Å². The van der Waals surface area contributed by atoms with E-state index in [1.807, 2.05) is 11.6 Å². The molecule has 0 radical (unpaired) electrons. The van der Waals surface area contributed by atoms with Crippen LogP contribution in [0.15, 0.2) is 48.8 Å². The Morgan fingerprint density at radius 3 is 2.29 bits per heavy atom. The molecule has 0 aliphatic rings. The maximum Gasteiger partial charge on any atom is 0.303 e. The van der Waals surface area contributed by atoms with Gasteiger partial charge in [0.15, 0.2) is 5.82 Å². The van der Waals surface area contributed by atoms with Gasteiger partial charge in [0.2, 0.25) is 21.7 Å². The van der Waals surface area contributed by atoms with E-state index < -0.39 is 21.7 Å². The van der Waals surface area contributed by atoms with Gasteiger partial charge in [-0.05, 0) is 37.6 Å². The van der Waals surface area contributed by atoms with Gasteiger partial charge in [-0.3, -0.25) is 9.36 Å². The van der Waals surface area contributed by atoms with E-state index in [-0.39, 0.29) is 23.2 Å². The summed E-state index contributed by atoms with van der Waals surface area (Å²) in [6, 6.07) is 10.0. The van der Waals surface area contributed by atoms with Crippen molar-refractivity contribution < 1.29 is 27.4 Å². The molecule has 0 fully saturated rings. The summed E-state index contributed by atoms with van der Waals surface area (Å²) < 4.78 is 45.5. The first-order valence-corrected chi connectivity index (χ1v) is 13.0. The Bertz CT molecular complexity index is 1530. The molecule has 0 bridgehead atoms. The highest BCUT2D eigenvalue weighted by Crippen LogP contribution is 2.36. The highest BCUT2D eigenvalue weighted by molar-refractivity contribution is 7.89. The van der Waals surface area contributed by atoms with Crippen molar-refractivity contribution in [3.05, 3.63) is 66.0 Å². The minimum atomic E-state index is -4.20. The summed E-state index contributed by atoms with van der Waals surface area (Å²) >= 11 is 0. The molecular formula is C24H25N7O6S. The molecule has 0 saturated carbocycles. The Hall–Kier alpha value is -4.59. The van der Waals surface area contributed by atoms with Gasteiger partial charge in [-0.2, -0.15) is 0 Å². The van der Waals surface area contributed by atoms with Gasteiger partial charge >= 0.3 is 5.91 Å². The number of hydrogen-bond acceptors (Lipinski definition) is 11. The largest absolute Gasteiger partial charge is 0.494 e. The monoisotopic (exact) mass is 539 g/mol. The molecule has 3 aromatic heterocycles. The number of ether oxygens (including phenoxy) is 3. The lowest BCUT2D eigenvalue weighted by Crippen LogP contribution is -2.34. The highest BCUT2D eigenvalue weighted by atomic mass is 32.2. The lowest BCUT2D eigenvalue weighted by atomic mass is 10.2. The number of para-hydroxylation sites is 1.